The number of fused-ring (bicyclic) bond motifs is 3. The molecule has 1 saturated carbocycles. The van der Waals surface area contributed by atoms with Crippen LogP contribution in [0.4, 0.5) is 13.6 Å². The number of hydrogen-bond donors (Lipinski definition) is 1. The largest absolute Gasteiger partial charge is 0.389 e. The molecule has 1 saturated heterocycles. The molecular formula is C24H27F2N3O2. The SMILES string of the molecule is O=C1N(CC(O)Cn2c3ccc(F)cc3c3cc(F)ccc32)CCN1C1CCCCC1. The van der Waals surface area contributed by atoms with E-state index in [4.69, 9.17) is 0 Å². The molecular weight excluding hydrogens is 400 g/mol. The molecule has 31 heavy (non-hydrogen) atoms. The van der Waals surface area contributed by atoms with Crippen molar-refractivity contribution in [3.63, 3.8) is 0 Å². The van der Waals surface area contributed by atoms with E-state index in [1.807, 2.05) is 9.47 Å². The van der Waals surface area contributed by atoms with E-state index in [0.717, 1.165) is 23.9 Å². The molecule has 1 N–H and O–H groups in total. The van der Waals surface area contributed by atoms with E-state index in [-0.39, 0.29) is 30.8 Å². The first kappa shape index (κ1) is 20.2. The van der Waals surface area contributed by atoms with Gasteiger partial charge in [-0.1, -0.05) is 19.3 Å². The van der Waals surface area contributed by atoms with Gasteiger partial charge in [-0.25, -0.2) is 13.6 Å². The third kappa shape index (κ3) is 3.76. The number of carbonyl (C=O) groups excluding carboxylic acids is 1. The third-order valence-corrected chi connectivity index (χ3v) is 6.76. The highest BCUT2D eigenvalue weighted by atomic mass is 19.1. The summed E-state index contributed by atoms with van der Waals surface area (Å²) in [5.41, 5.74) is 1.47. The van der Waals surface area contributed by atoms with Crippen molar-refractivity contribution in [1.82, 2.24) is 14.4 Å². The second-order valence-corrected chi connectivity index (χ2v) is 8.80. The zero-order valence-corrected chi connectivity index (χ0v) is 17.4. The van der Waals surface area contributed by atoms with E-state index in [1.54, 1.807) is 17.0 Å². The Balaban J connectivity index is 1.36. The number of β-amino-alcohol motifs (C(OH)–C–C–N with tert-alkyl or cyclic N) is 1. The van der Waals surface area contributed by atoms with Gasteiger partial charge in [0.05, 0.1) is 19.2 Å². The van der Waals surface area contributed by atoms with Crippen LogP contribution < -0.4 is 0 Å². The van der Waals surface area contributed by atoms with Crippen molar-refractivity contribution >= 4 is 27.8 Å². The molecule has 1 unspecified atom stereocenters. The first-order chi connectivity index (χ1) is 15.0. The maximum Gasteiger partial charge on any atom is 0.320 e. The number of aliphatic hydroxyl groups is 1. The number of aliphatic hydroxyl groups excluding tert-OH is 1. The fraction of sp³-hybridized carbons (Fsp3) is 0.458. The molecule has 7 heteroatoms. The van der Waals surface area contributed by atoms with Crippen molar-refractivity contribution in [2.45, 2.75) is 50.8 Å². The molecule has 0 radical (unpaired) electrons. The normalized spacial score (nSPS) is 19.1. The quantitative estimate of drug-likeness (QED) is 0.652. The van der Waals surface area contributed by atoms with Crippen molar-refractivity contribution < 1.29 is 18.7 Å². The van der Waals surface area contributed by atoms with Crippen molar-refractivity contribution in [1.29, 1.82) is 0 Å². The number of benzene rings is 2. The number of rotatable bonds is 5. The maximum atomic E-state index is 13.8. The molecule has 3 aromatic rings. The Bertz CT molecular complexity index is 1060. The van der Waals surface area contributed by atoms with Gasteiger partial charge in [-0.3, -0.25) is 0 Å². The number of halogens is 2. The molecule has 5 rings (SSSR count). The minimum atomic E-state index is -0.788. The molecule has 0 spiro atoms. The topological polar surface area (TPSA) is 48.7 Å². The smallest absolute Gasteiger partial charge is 0.320 e. The van der Waals surface area contributed by atoms with Crippen LogP contribution in [0.2, 0.25) is 0 Å². The van der Waals surface area contributed by atoms with Crippen LogP contribution in [0, 0.1) is 11.6 Å². The van der Waals surface area contributed by atoms with Gasteiger partial charge in [-0.05, 0) is 49.2 Å². The van der Waals surface area contributed by atoms with E-state index < -0.39 is 6.10 Å². The number of aromatic nitrogens is 1. The number of urea groups is 1. The summed E-state index contributed by atoms with van der Waals surface area (Å²) in [5.74, 6) is -0.774. The second-order valence-electron chi connectivity index (χ2n) is 8.80. The van der Waals surface area contributed by atoms with Gasteiger partial charge in [0.15, 0.2) is 0 Å². The maximum absolute atomic E-state index is 13.8. The highest BCUT2D eigenvalue weighted by Gasteiger charge is 2.35. The van der Waals surface area contributed by atoms with Crippen LogP contribution in [-0.4, -0.2) is 57.3 Å². The van der Waals surface area contributed by atoms with Crippen molar-refractivity contribution in [3.8, 4) is 0 Å². The molecule has 5 nitrogen and oxygen atoms in total. The summed E-state index contributed by atoms with van der Waals surface area (Å²) in [4.78, 5) is 16.6. The molecule has 0 bridgehead atoms. The zero-order chi connectivity index (χ0) is 21.5. The lowest BCUT2D eigenvalue weighted by Crippen LogP contribution is -2.42. The molecule has 2 aliphatic rings. The summed E-state index contributed by atoms with van der Waals surface area (Å²) in [6.07, 6.45) is 4.93. The van der Waals surface area contributed by atoms with E-state index >= 15 is 0 Å². The number of amides is 2. The monoisotopic (exact) mass is 427 g/mol. The Kier molecular flexibility index (Phi) is 5.30. The van der Waals surface area contributed by atoms with Crippen LogP contribution in [0.15, 0.2) is 36.4 Å². The van der Waals surface area contributed by atoms with Gasteiger partial charge in [0.25, 0.3) is 0 Å². The minimum absolute atomic E-state index is 0.0114. The lowest BCUT2D eigenvalue weighted by molar-refractivity contribution is 0.111. The molecule has 2 amide bonds. The molecule has 2 aromatic carbocycles. The zero-order valence-electron chi connectivity index (χ0n) is 17.4. The van der Waals surface area contributed by atoms with Crippen LogP contribution in [0.3, 0.4) is 0 Å². The Morgan fingerprint density at radius 3 is 2.13 bits per heavy atom. The third-order valence-electron chi connectivity index (χ3n) is 6.76. The van der Waals surface area contributed by atoms with E-state index in [2.05, 4.69) is 0 Å². The minimum Gasteiger partial charge on any atom is -0.389 e. The molecule has 1 aliphatic carbocycles. The standard InChI is InChI=1S/C24H27F2N3O2/c25-16-6-8-22-20(12-16)21-13-17(26)7-9-23(21)29(22)15-19(30)14-27-10-11-28(24(27)31)18-4-2-1-3-5-18/h6-9,12-13,18-19,30H,1-5,10-11,14-15H2. The molecule has 164 valence electrons. The van der Waals surface area contributed by atoms with Crippen LogP contribution in [0.5, 0.6) is 0 Å². The van der Waals surface area contributed by atoms with E-state index in [9.17, 15) is 18.7 Å². The first-order valence-electron chi connectivity index (χ1n) is 11.1. The van der Waals surface area contributed by atoms with Gasteiger partial charge in [0.1, 0.15) is 11.6 Å². The summed E-state index contributed by atoms with van der Waals surface area (Å²) >= 11 is 0. The molecule has 2 heterocycles. The highest BCUT2D eigenvalue weighted by Crippen LogP contribution is 2.31. The van der Waals surface area contributed by atoms with Crippen molar-refractivity contribution in [3.05, 3.63) is 48.0 Å². The lowest BCUT2D eigenvalue weighted by Gasteiger charge is -2.31. The van der Waals surface area contributed by atoms with Crippen LogP contribution in [0.1, 0.15) is 32.1 Å². The Morgan fingerprint density at radius 1 is 0.903 bits per heavy atom. The molecule has 1 atom stereocenters. The summed E-state index contributed by atoms with van der Waals surface area (Å²) in [5, 5.41) is 12.1. The van der Waals surface area contributed by atoms with Gasteiger partial charge >= 0.3 is 6.03 Å². The number of carbonyl (C=O) groups is 1. The summed E-state index contributed by atoms with van der Waals surface area (Å²) < 4.78 is 29.6. The van der Waals surface area contributed by atoms with Crippen LogP contribution in [0.25, 0.3) is 21.8 Å². The van der Waals surface area contributed by atoms with Gasteiger partial charge in [0.2, 0.25) is 0 Å². The van der Waals surface area contributed by atoms with Gasteiger partial charge in [-0.2, -0.15) is 0 Å². The van der Waals surface area contributed by atoms with E-state index in [0.29, 0.717) is 29.9 Å². The summed E-state index contributed by atoms with van der Waals surface area (Å²) in [7, 11) is 0. The van der Waals surface area contributed by atoms with Crippen LogP contribution in [-0.2, 0) is 6.54 Å². The lowest BCUT2D eigenvalue weighted by atomic mass is 9.94. The number of hydrogen-bond acceptors (Lipinski definition) is 2. The number of nitrogens with zero attached hydrogens (tertiary/aromatic N) is 3. The average Bonchev–Trinajstić information content (AvgIpc) is 3.26. The fourth-order valence-corrected chi connectivity index (χ4v) is 5.27. The molecule has 1 aliphatic heterocycles. The Hall–Kier alpha value is -2.67. The first-order valence-corrected chi connectivity index (χ1v) is 11.1. The van der Waals surface area contributed by atoms with Gasteiger partial charge in [0, 0.05) is 40.9 Å². The van der Waals surface area contributed by atoms with Crippen LogP contribution >= 0.6 is 0 Å². The van der Waals surface area contributed by atoms with Gasteiger partial charge < -0.3 is 19.5 Å². The second kappa shape index (κ2) is 8.11. The summed E-state index contributed by atoms with van der Waals surface area (Å²) in [6.45, 7) is 1.82. The fourth-order valence-electron chi connectivity index (χ4n) is 5.27. The van der Waals surface area contributed by atoms with Crippen molar-refractivity contribution in [2.75, 3.05) is 19.6 Å². The Labute approximate surface area is 179 Å². The summed E-state index contributed by atoms with van der Waals surface area (Å²) in [6, 6.07) is 9.17. The Morgan fingerprint density at radius 2 is 1.52 bits per heavy atom. The predicted molar refractivity (Wildman–Crippen MR) is 116 cm³/mol. The predicted octanol–water partition coefficient (Wildman–Crippen LogP) is 4.50. The van der Waals surface area contributed by atoms with Crippen molar-refractivity contribution in [2.24, 2.45) is 0 Å². The van der Waals surface area contributed by atoms with E-state index in [1.165, 1.54) is 43.5 Å². The molecule has 1 aromatic heterocycles. The van der Waals surface area contributed by atoms with Gasteiger partial charge in [-0.15, -0.1) is 0 Å². The molecule has 2 fully saturated rings. The average molecular weight is 427 g/mol. The highest BCUT2D eigenvalue weighted by molar-refractivity contribution is 6.08.